The molecule has 12 heteroatoms. The van der Waals surface area contributed by atoms with Crippen molar-refractivity contribution >= 4 is 17.8 Å². The van der Waals surface area contributed by atoms with E-state index >= 15 is 0 Å². The highest BCUT2D eigenvalue weighted by molar-refractivity contribution is 5.96. The third kappa shape index (κ3) is 6.10. The number of nitrogens with one attached hydrogen (secondary N) is 3. The van der Waals surface area contributed by atoms with Crippen LogP contribution in [0.3, 0.4) is 0 Å². The van der Waals surface area contributed by atoms with Gasteiger partial charge in [-0.05, 0) is 63.9 Å². The molecule has 3 rings (SSSR count). The van der Waals surface area contributed by atoms with Crippen molar-refractivity contribution in [3.63, 3.8) is 0 Å². The molecule has 0 saturated carbocycles. The molecule has 1 aliphatic heterocycles. The molecule has 2 aromatic carbocycles. The Labute approximate surface area is 204 Å². The topological polar surface area (TPSA) is 90.5 Å². The van der Waals surface area contributed by atoms with Gasteiger partial charge in [-0.25, -0.2) is 19.0 Å². The highest BCUT2D eigenvalue weighted by atomic mass is 19.4. The monoisotopic (exact) mass is 512 g/mol. The molecule has 1 aliphatic rings. The van der Waals surface area contributed by atoms with Crippen LogP contribution >= 0.6 is 0 Å². The number of hydrogen-bond acceptors (Lipinski definition) is 3. The summed E-state index contributed by atoms with van der Waals surface area (Å²) in [5.41, 5.74) is 1.99. The van der Waals surface area contributed by atoms with Crippen molar-refractivity contribution < 1.29 is 36.3 Å². The molecule has 0 aromatic heterocycles. The smallest absolute Gasteiger partial charge is 0.333 e. The van der Waals surface area contributed by atoms with Gasteiger partial charge in [0.2, 0.25) is 0 Å². The quantitative estimate of drug-likeness (QED) is 0.410. The van der Waals surface area contributed by atoms with E-state index in [1.54, 1.807) is 4.90 Å². The van der Waals surface area contributed by atoms with Crippen molar-refractivity contribution in [2.24, 2.45) is 0 Å². The SMILES string of the molecule is C[C@@H]1CC[C@@H](C)N1C(=O)c1ccc([C@@H](C)NC(=O)NNC(=O)c2cc(F)cc(C(F)(F)F)c2)c(F)c1. The number of halogens is 5. The zero-order chi connectivity index (χ0) is 26.8. The number of nitrogens with zero attached hydrogens (tertiary/aromatic N) is 1. The Kier molecular flexibility index (Phi) is 7.85. The lowest BCUT2D eigenvalue weighted by molar-refractivity contribution is -0.137. The predicted octanol–water partition coefficient (Wildman–Crippen LogP) is 4.70. The first-order valence-electron chi connectivity index (χ1n) is 11.1. The van der Waals surface area contributed by atoms with Crippen LogP contribution in [-0.2, 0) is 6.18 Å². The van der Waals surface area contributed by atoms with Crippen molar-refractivity contribution in [3.8, 4) is 0 Å². The number of hydrazine groups is 1. The third-order valence-electron chi connectivity index (χ3n) is 6.02. The van der Waals surface area contributed by atoms with Gasteiger partial charge in [0.25, 0.3) is 11.8 Å². The molecule has 4 amide bonds. The summed E-state index contributed by atoms with van der Waals surface area (Å²) in [6.07, 6.45) is -3.14. The van der Waals surface area contributed by atoms with E-state index in [4.69, 9.17) is 0 Å². The lowest BCUT2D eigenvalue weighted by atomic mass is 10.0. The molecule has 194 valence electrons. The summed E-state index contributed by atoms with van der Waals surface area (Å²) in [5.74, 6) is -3.48. The lowest BCUT2D eigenvalue weighted by Crippen LogP contribution is -2.47. The summed E-state index contributed by atoms with van der Waals surface area (Å²) in [7, 11) is 0. The Bertz CT molecular complexity index is 1160. The Morgan fingerprint density at radius 3 is 2.17 bits per heavy atom. The minimum Gasteiger partial charge on any atom is -0.333 e. The number of benzene rings is 2. The molecule has 3 N–H and O–H groups in total. The molecule has 1 saturated heterocycles. The van der Waals surface area contributed by atoms with Gasteiger partial charge >= 0.3 is 12.2 Å². The van der Waals surface area contributed by atoms with Crippen molar-refractivity contribution in [1.29, 1.82) is 0 Å². The van der Waals surface area contributed by atoms with Crippen molar-refractivity contribution in [2.75, 3.05) is 0 Å². The normalized spacial score (nSPS) is 18.5. The molecule has 2 aromatic rings. The van der Waals surface area contributed by atoms with E-state index in [2.05, 4.69) is 5.32 Å². The summed E-state index contributed by atoms with van der Waals surface area (Å²) in [6, 6.07) is 3.35. The molecular formula is C24H25F5N4O3. The second kappa shape index (κ2) is 10.5. The van der Waals surface area contributed by atoms with Crippen LogP contribution in [0.5, 0.6) is 0 Å². The van der Waals surface area contributed by atoms with E-state index in [-0.39, 0.29) is 35.2 Å². The zero-order valence-electron chi connectivity index (χ0n) is 19.7. The van der Waals surface area contributed by atoms with E-state index in [0.29, 0.717) is 12.1 Å². The number of hydrogen-bond donors (Lipinski definition) is 3. The predicted molar refractivity (Wildman–Crippen MR) is 120 cm³/mol. The van der Waals surface area contributed by atoms with Gasteiger partial charge in [0.1, 0.15) is 11.6 Å². The number of amides is 4. The number of urea groups is 1. The molecule has 7 nitrogen and oxygen atoms in total. The summed E-state index contributed by atoms with van der Waals surface area (Å²) in [5, 5.41) is 2.35. The standard InChI is InChI=1S/C24H25F5N4O3/c1-12-4-5-13(2)33(12)22(35)15-6-7-19(20(26)10-15)14(3)30-23(36)32-31-21(34)16-8-17(24(27,28)29)11-18(25)9-16/h6-14H,4-5H2,1-3H3,(H,31,34)(H2,30,32,36)/t12-,13-,14-/m1/s1. The van der Waals surface area contributed by atoms with Gasteiger partial charge in [0.05, 0.1) is 11.6 Å². The average molecular weight is 512 g/mol. The van der Waals surface area contributed by atoms with Crippen LogP contribution in [0.4, 0.5) is 26.7 Å². The maximum absolute atomic E-state index is 14.8. The van der Waals surface area contributed by atoms with Gasteiger partial charge in [-0.3, -0.25) is 15.0 Å². The van der Waals surface area contributed by atoms with Gasteiger partial charge < -0.3 is 10.2 Å². The molecule has 1 heterocycles. The van der Waals surface area contributed by atoms with Gasteiger partial charge in [0.15, 0.2) is 0 Å². The second-order valence-corrected chi connectivity index (χ2v) is 8.72. The summed E-state index contributed by atoms with van der Waals surface area (Å²) < 4.78 is 66.7. The molecule has 0 spiro atoms. The number of carbonyl (C=O) groups excluding carboxylic acids is 3. The van der Waals surface area contributed by atoms with Crippen molar-refractivity contribution in [1.82, 2.24) is 21.1 Å². The number of rotatable bonds is 4. The summed E-state index contributed by atoms with van der Waals surface area (Å²) >= 11 is 0. The third-order valence-corrected chi connectivity index (χ3v) is 6.02. The molecule has 3 atom stereocenters. The number of carbonyl (C=O) groups is 3. The Morgan fingerprint density at radius 2 is 1.58 bits per heavy atom. The van der Waals surface area contributed by atoms with E-state index < -0.39 is 46.9 Å². The van der Waals surface area contributed by atoms with Gasteiger partial charge in [-0.15, -0.1) is 0 Å². The van der Waals surface area contributed by atoms with Crippen molar-refractivity contribution in [2.45, 2.75) is 57.9 Å². The fourth-order valence-electron chi connectivity index (χ4n) is 4.14. The molecule has 36 heavy (non-hydrogen) atoms. The van der Waals surface area contributed by atoms with Gasteiger partial charge in [0, 0.05) is 28.8 Å². The highest BCUT2D eigenvalue weighted by Crippen LogP contribution is 2.30. The lowest BCUT2D eigenvalue weighted by Gasteiger charge is -2.26. The van der Waals surface area contributed by atoms with Crippen LogP contribution in [0.25, 0.3) is 0 Å². The van der Waals surface area contributed by atoms with Crippen LogP contribution < -0.4 is 16.2 Å². The van der Waals surface area contributed by atoms with Crippen LogP contribution in [0, 0.1) is 11.6 Å². The molecule has 0 aliphatic carbocycles. The minimum atomic E-state index is -4.87. The Hall–Kier alpha value is -3.70. The van der Waals surface area contributed by atoms with E-state index in [1.165, 1.54) is 19.1 Å². The fraction of sp³-hybridized carbons (Fsp3) is 0.375. The molecule has 0 bridgehead atoms. The Morgan fingerprint density at radius 1 is 0.944 bits per heavy atom. The molecule has 0 unspecified atom stereocenters. The highest BCUT2D eigenvalue weighted by Gasteiger charge is 2.33. The van der Waals surface area contributed by atoms with Crippen LogP contribution in [0.1, 0.15) is 71.5 Å². The van der Waals surface area contributed by atoms with E-state index in [9.17, 15) is 36.3 Å². The first kappa shape index (κ1) is 26.9. The first-order chi connectivity index (χ1) is 16.8. The summed E-state index contributed by atoms with van der Waals surface area (Å²) in [6.45, 7) is 5.31. The molecular weight excluding hydrogens is 487 g/mol. The van der Waals surface area contributed by atoms with Gasteiger partial charge in [-0.2, -0.15) is 13.2 Å². The average Bonchev–Trinajstić information content (AvgIpc) is 3.13. The van der Waals surface area contributed by atoms with E-state index in [0.717, 1.165) is 18.9 Å². The number of alkyl halides is 3. The fourth-order valence-corrected chi connectivity index (χ4v) is 4.14. The minimum absolute atomic E-state index is 0.0437. The van der Waals surface area contributed by atoms with Crippen LogP contribution in [-0.4, -0.2) is 34.8 Å². The maximum atomic E-state index is 14.8. The molecule has 0 radical (unpaired) electrons. The Balaban J connectivity index is 1.60. The van der Waals surface area contributed by atoms with Crippen LogP contribution in [0.2, 0.25) is 0 Å². The molecule has 1 fully saturated rings. The van der Waals surface area contributed by atoms with Gasteiger partial charge in [-0.1, -0.05) is 6.07 Å². The first-order valence-corrected chi connectivity index (χ1v) is 11.1. The zero-order valence-corrected chi connectivity index (χ0v) is 19.7. The summed E-state index contributed by atoms with van der Waals surface area (Å²) in [4.78, 5) is 38.7. The van der Waals surface area contributed by atoms with Crippen LogP contribution in [0.15, 0.2) is 36.4 Å². The van der Waals surface area contributed by atoms with E-state index in [1.807, 2.05) is 24.7 Å². The maximum Gasteiger partial charge on any atom is 0.416 e. The second-order valence-electron chi connectivity index (χ2n) is 8.72. The largest absolute Gasteiger partial charge is 0.416 e. The van der Waals surface area contributed by atoms with Crippen molar-refractivity contribution in [3.05, 3.63) is 70.3 Å². The number of likely N-dealkylation sites (tertiary alicyclic amines) is 1.